The molecule has 2 N–H and O–H groups in total. The fourth-order valence-corrected chi connectivity index (χ4v) is 6.14. The number of ether oxygens (including phenoxy) is 1. The third kappa shape index (κ3) is 8.03. The molecular formula is C26H37N6O6P. The molecule has 0 saturated carbocycles. The molecule has 1 fully saturated rings. The molecule has 0 spiro atoms. The van der Waals surface area contributed by atoms with Gasteiger partial charge in [-0.2, -0.15) is 0 Å². The summed E-state index contributed by atoms with van der Waals surface area (Å²) in [7, 11) is -1.51. The van der Waals surface area contributed by atoms with Crippen LogP contribution in [-0.2, 0) is 20.3 Å². The van der Waals surface area contributed by atoms with Crippen molar-refractivity contribution in [2.75, 3.05) is 13.2 Å². The average molecular weight is 561 g/mol. The zero-order valence-corrected chi connectivity index (χ0v) is 23.9. The van der Waals surface area contributed by atoms with Gasteiger partial charge in [0.05, 0.1) is 12.2 Å². The van der Waals surface area contributed by atoms with Gasteiger partial charge in [0.15, 0.2) is 0 Å². The quantitative estimate of drug-likeness (QED) is 0.217. The predicted molar refractivity (Wildman–Crippen MR) is 147 cm³/mol. The second kappa shape index (κ2) is 14.4. The molecule has 12 nitrogen and oxygen atoms in total. The third-order valence-electron chi connectivity index (χ3n) is 6.19. The van der Waals surface area contributed by atoms with Crippen LogP contribution in [0.1, 0.15) is 69.6 Å². The number of amides is 1. The van der Waals surface area contributed by atoms with Crippen LogP contribution in [-0.4, -0.2) is 62.6 Å². The van der Waals surface area contributed by atoms with Crippen LogP contribution in [0, 0.1) is 6.57 Å². The molecule has 3 heterocycles. The summed E-state index contributed by atoms with van der Waals surface area (Å²) in [5.41, 5.74) is -0.824. The summed E-state index contributed by atoms with van der Waals surface area (Å²) in [6.45, 7) is 17.9. The Balaban J connectivity index is 1.80. The number of hydrogen-bond acceptors (Lipinski definition) is 8. The number of nitrogens with zero attached hydrogens (tertiary/aromatic N) is 4. The number of aromatic nitrogens is 3. The van der Waals surface area contributed by atoms with E-state index in [0.717, 1.165) is 5.56 Å². The minimum absolute atomic E-state index is 0.136. The van der Waals surface area contributed by atoms with E-state index >= 15 is 0 Å². The van der Waals surface area contributed by atoms with Gasteiger partial charge in [-0.3, -0.25) is 24.1 Å². The molecule has 2 aromatic heterocycles. The van der Waals surface area contributed by atoms with E-state index in [0.29, 0.717) is 12.8 Å². The molecule has 4 atom stereocenters. The SMILES string of the molecule is [C-]#[N+]CCOP(OC1C[C@H](n2cc(C(=O)NCc3ccncc3)c(=O)[nH]c2=O)O[C@@H]1CC)N(C(C)C)C(C)C. The minimum atomic E-state index is -1.51. The maximum atomic E-state index is 12.8. The molecule has 3 rings (SSSR count). The molecule has 0 aliphatic carbocycles. The lowest BCUT2D eigenvalue weighted by molar-refractivity contribution is -0.0201. The Morgan fingerprint density at radius 2 is 2.00 bits per heavy atom. The molecule has 1 amide bonds. The molecule has 1 saturated heterocycles. The number of carbonyl (C=O) groups excluding carboxylic acids is 1. The van der Waals surface area contributed by atoms with E-state index in [4.69, 9.17) is 20.4 Å². The Hall–Kier alpha value is -2.94. The fraction of sp³-hybridized carbons (Fsp3) is 0.577. The molecule has 0 radical (unpaired) electrons. The Kier molecular flexibility index (Phi) is 11.3. The van der Waals surface area contributed by atoms with Gasteiger partial charge in [-0.05, 0) is 51.8 Å². The predicted octanol–water partition coefficient (Wildman–Crippen LogP) is 3.23. The minimum Gasteiger partial charge on any atom is -0.352 e. The first-order chi connectivity index (χ1) is 18.7. The summed E-state index contributed by atoms with van der Waals surface area (Å²) in [4.78, 5) is 47.6. The van der Waals surface area contributed by atoms with Crippen LogP contribution in [0.25, 0.3) is 4.85 Å². The second-order valence-electron chi connectivity index (χ2n) is 9.68. The van der Waals surface area contributed by atoms with Crippen LogP contribution in [0.5, 0.6) is 0 Å². The molecule has 1 aliphatic rings. The van der Waals surface area contributed by atoms with Gasteiger partial charge in [-0.25, -0.2) is 16.0 Å². The summed E-state index contributed by atoms with van der Waals surface area (Å²) in [5, 5.41) is 2.70. The molecule has 2 unspecified atom stereocenters. The average Bonchev–Trinajstić information content (AvgIpc) is 3.30. The maximum Gasteiger partial charge on any atom is 0.330 e. The van der Waals surface area contributed by atoms with Gasteiger partial charge in [-0.15, -0.1) is 0 Å². The van der Waals surface area contributed by atoms with Crippen molar-refractivity contribution in [2.45, 2.75) is 84.5 Å². The van der Waals surface area contributed by atoms with Crippen LogP contribution in [0.3, 0.4) is 0 Å². The molecule has 1 aliphatic heterocycles. The zero-order chi connectivity index (χ0) is 28.5. The van der Waals surface area contributed by atoms with Crippen molar-refractivity contribution in [2.24, 2.45) is 0 Å². The van der Waals surface area contributed by atoms with Crippen molar-refractivity contribution in [3.8, 4) is 0 Å². The van der Waals surface area contributed by atoms with E-state index in [2.05, 4.69) is 52.5 Å². The number of carbonyl (C=O) groups is 1. The van der Waals surface area contributed by atoms with Crippen LogP contribution in [0.2, 0.25) is 0 Å². The molecule has 0 bridgehead atoms. The number of hydrogen-bond donors (Lipinski definition) is 2. The van der Waals surface area contributed by atoms with Crippen LogP contribution < -0.4 is 16.6 Å². The summed E-state index contributed by atoms with van der Waals surface area (Å²) in [6.07, 6.45) is 3.91. The normalized spacial score (nSPS) is 19.9. The number of pyridine rings is 1. The standard InChI is InChI=1S/C26H37N6O6P/c1-7-21-22(38-39(36-13-12-27-6)32(17(2)3)18(4)5)14-23(37-21)31-16-20(25(34)30-26(31)35)24(33)29-15-19-8-10-28-11-9-19/h8-11,16-18,21-23H,7,12-15H2,1-5H3,(H,29,33)(H,30,34,35)/t21-,22?,23-,39?/m1/s1. The third-order valence-corrected chi connectivity index (χ3v) is 8.34. The van der Waals surface area contributed by atoms with Crippen LogP contribution >= 0.6 is 8.53 Å². The Labute approximate surface area is 229 Å². The Morgan fingerprint density at radius 3 is 2.62 bits per heavy atom. The van der Waals surface area contributed by atoms with Crippen molar-refractivity contribution in [3.05, 3.63) is 74.1 Å². The molecule has 212 valence electrons. The van der Waals surface area contributed by atoms with Crippen molar-refractivity contribution in [3.63, 3.8) is 0 Å². The van der Waals surface area contributed by atoms with Gasteiger partial charge in [0.2, 0.25) is 6.54 Å². The van der Waals surface area contributed by atoms with E-state index < -0.39 is 38.0 Å². The molecular weight excluding hydrogens is 523 g/mol. The highest BCUT2D eigenvalue weighted by atomic mass is 31.2. The van der Waals surface area contributed by atoms with E-state index in [9.17, 15) is 14.4 Å². The smallest absolute Gasteiger partial charge is 0.330 e. The lowest BCUT2D eigenvalue weighted by Gasteiger charge is -2.37. The van der Waals surface area contributed by atoms with Gasteiger partial charge in [0, 0.05) is 43.6 Å². The topological polar surface area (TPSA) is 132 Å². The Morgan fingerprint density at radius 1 is 1.31 bits per heavy atom. The monoisotopic (exact) mass is 560 g/mol. The van der Waals surface area contributed by atoms with Crippen molar-refractivity contribution in [1.82, 2.24) is 24.5 Å². The lowest BCUT2D eigenvalue weighted by atomic mass is 10.1. The fourth-order valence-electron chi connectivity index (χ4n) is 4.39. The first-order valence-electron chi connectivity index (χ1n) is 13.1. The summed E-state index contributed by atoms with van der Waals surface area (Å²) < 4.78 is 22.1. The zero-order valence-electron chi connectivity index (χ0n) is 23.0. The van der Waals surface area contributed by atoms with Crippen molar-refractivity contribution in [1.29, 1.82) is 0 Å². The Bertz CT molecular complexity index is 1240. The van der Waals surface area contributed by atoms with Gasteiger partial charge in [-0.1, -0.05) is 6.92 Å². The van der Waals surface area contributed by atoms with Gasteiger partial charge < -0.3 is 23.9 Å². The van der Waals surface area contributed by atoms with Gasteiger partial charge >= 0.3 is 5.69 Å². The maximum absolute atomic E-state index is 12.8. The number of rotatable bonds is 13. The first kappa shape index (κ1) is 30.6. The number of aromatic amines is 1. The van der Waals surface area contributed by atoms with Crippen molar-refractivity contribution >= 4 is 14.4 Å². The van der Waals surface area contributed by atoms with E-state index in [-0.39, 0.29) is 43.4 Å². The van der Waals surface area contributed by atoms with Crippen LogP contribution in [0.4, 0.5) is 0 Å². The van der Waals surface area contributed by atoms with Gasteiger partial charge in [0.1, 0.15) is 18.4 Å². The molecule has 39 heavy (non-hydrogen) atoms. The van der Waals surface area contributed by atoms with E-state index in [1.54, 1.807) is 24.5 Å². The molecule has 2 aromatic rings. The summed E-state index contributed by atoms with van der Waals surface area (Å²) in [6, 6.07) is 3.78. The molecule has 0 aromatic carbocycles. The highest BCUT2D eigenvalue weighted by molar-refractivity contribution is 7.44. The summed E-state index contributed by atoms with van der Waals surface area (Å²) >= 11 is 0. The highest BCUT2D eigenvalue weighted by Crippen LogP contribution is 2.50. The number of H-pyrrole nitrogens is 1. The highest BCUT2D eigenvalue weighted by Gasteiger charge is 2.41. The van der Waals surface area contributed by atoms with Gasteiger partial charge in [0.25, 0.3) is 20.0 Å². The largest absolute Gasteiger partial charge is 0.352 e. The molecule has 13 heteroatoms. The van der Waals surface area contributed by atoms with Crippen molar-refractivity contribution < 1.29 is 18.6 Å². The summed E-state index contributed by atoms with van der Waals surface area (Å²) in [5.74, 6) is -0.610. The van der Waals surface area contributed by atoms with Crippen LogP contribution in [0.15, 0.2) is 40.3 Å². The lowest BCUT2D eigenvalue weighted by Crippen LogP contribution is -2.38. The van der Waals surface area contributed by atoms with E-state index in [1.165, 1.54) is 10.8 Å². The second-order valence-corrected chi connectivity index (χ2v) is 11.1. The van der Waals surface area contributed by atoms with E-state index in [1.807, 2.05) is 6.92 Å². The first-order valence-corrected chi connectivity index (χ1v) is 14.2. The number of nitrogens with one attached hydrogen (secondary N) is 2.